The smallest absolute Gasteiger partial charge is 0.243 e. The molecule has 1 fully saturated rings. The minimum atomic E-state index is -3.51. The van der Waals surface area contributed by atoms with Crippen molar-refractivity contribution in [3.63, 3.8) is 0 Å². The fourth-order valence-electron chi connectivity index (χ4n) is 2.91. The zero-order chi connectivity index (χ0) is 18.6. The van der Waals surface area contributed by atoms with Crippen LogP contribution in [0, 0.1) is 6.92 Å². The van der Waals surface area contributed by atoms with Crippen molar-refractivity contribution in [2.45, 2.75) is 31.1 Å². The summed E-state index contributed by atoms with van der Waals surface area (Å²) in [6, 6.07) is 12.5. The highest BCUT2D eigenvalue weighted by molar-refractivity contribution is 7.89. The molecule has 7 heteroatoms. The van der Waals surface area contributed by atoms with Crippen LogP contribution in [0.1, 0.15) is 30.4 Å². The van der Waals surface area contributed by atoms with Crippen LogP contribution >= 0.6 is 11.6 Å². The second kappa shape index (κ2) is 8.20. The van der Waals surface area contributed by atoms with E-state index in [1.807, 2.05) is 19.1 Å². The molecule has 0 atom stereocenters. The molecular formula is C19H22ClN3O2S. The van der Waals surface area contributed by atoms with Crippen molar-refractivity contribution in [2.24, 2.45) is 5.10 Å². The van der Waals surface area contributed by atoms with E-state index in [1.165, 1.54) is 6.21 Å². The highest BCUT2D eigenvalue weighted by atomic mass is 35.5. The molecule has 0 aromatic heterocycles. The van der Waals surface area contributed by atoms with Gasteiger partial charge in [0.05, 0.1) is 16.8 Å². The van der Waals surface area contributed by atoms with Crippen LogP contribution in [-0.2, 0) is 10.0 Å². The molecule has 0 spiro atoms. The summed E-state index contributed by atoms with van der Waals surface area (Å²) in [6.07, 6.45) is 4.43. The Bertz CT molecular complexity index is 907. The Morgan fingerprint density at radius 2 is 1.85 bits per heavy atom. The summed E-state index contributed by atoms with van der Waals surface area (Å²) in [7, 11) is -3.51. The third-order valence-electron chi connectivity index (χ3n) is 4.42. The van der Waals surface area contributed by atoms with Gasteiger partial charge in [-0.25, -0.2) is 8.42 Å². The van der Waals surface area contributed by atoms with E-state index in [4.69, 9.17) is 11.6 Å². The highest BCUT2D eigenvalue weighted by Crippen LogP contribution is 2.23. The maximum absolute atomic E-state index is 12.9. The average molecular weight is 392 g/mol. The molecule has 0 aliphatic carbocycles. The van der Waals surface area contributed by atoms with Crippen molar-refractivity contribution < 1.29 is 8.42 Å². The maximum Gasteiger partial charge on any atom is 0.243 e. The number of nitrogens with one attached hydrogen (secondary N) is 1. The third kappa shape index (κ3) is 4.26. The van der Waals surface area contributed by atoms with Crippen molar-refractivity contribution in [3.8, 4) is 0 Å². The summed E-state index contributed by atoms with van der Waals surface area (Å²) >= 11 is 6.10. The second-order valence-electron chi connectivity index (χ2n) is 6.34. The highest BCUT2D eigenvalue weighted by Gasteiger charge is 2.27. The summed E-state index contributed by atoms with van der Waals surface area (Å²) in [5, 5.41) is 4.84. The molecule has 1 aliphatic heterocycles. The zero-order valence-corrected chi connectivity index (χ0v) is 16.2. The van der Waals surface area contributed by atoms with E-state index in [-0.39, 0.29) is 4.90 Å². The molecule has 0 radical (unpaired) electrons. The molecule has 2 aromatic rings. The molecule has 0 amide bonds. The Morgan fingerprint density at radius 1 is 1.12 bits per heavy atom. The zero-order valence-electron chi connectivity index (χ0n) is 14.7. The van der Waals surface area contributed by atoms with Crippen LogP contribution in [0.2, 0.25) is 5.02 Å². The van der Waals surface area contributed by atoms with Crippen molar-refractivity contribution in [1.29, 1.82) is 0 Å². The van der Waals surface area contributed by atoms with E-state index in [9.17, 15) is 8.42 Å². The molecule has 1 aliphatic rings. The van der Waals surface area contributed by atoms with Gasteiger partial charge in [-0.2, -0.15) is 9.41 Å². The van der Waals surface area contributed by atoms with Gasteiger partial charge in [0.2, 0.25) is 10.0 Å². The first-order valence-electron chi connectivity index (χ1n) is 8.63. The molecule has 2 aromatic carbocycles. The number of aryl methyl sites for hydroxylation is 1. The first-order valence-corrected chi connectivity index (χ1v) is 10.4. The van der Waals surface area contributed by atoms with E-state index >= 15 is 0 Å². The number of nitrogens with zero attached hydrogens (tertiary/aromatic N) is 2. The second-order valence-corrected chi connectivity index (χ2v) is 8.65. The van der Waals surface area contributed by atoms with Crippen LogP contribution in [0.5, 0.6) is 0 Å². The largest absolute Gasteiger partial charge is 0.278 e. The molecule has 0 unspecified atom stereocenters. The van der Waals surface area contributed by atoms with Gasteiger partial charge in [0, 0.05) is 23.7 Å². The van der Waals surface area contributed by atoms with Gasteiger partial charge in [-0.15, -0.1) is 0 Å². The van der Waals surface area contributed by atoms with Crippen molar-refractivity contribution in [2.75, 3.05) is 18.5 Å². The molecule has 1 saturated heterocycles. The molecule has 1 N–H and O–H groups in total. The van der Waals surface area contributed by atoms with Crippen molar-refractivity contribution in [1.82, 2.24) is 4.31 Å². The molecule has 26 heavy (non-hydrogen) atoms. The minimum Gasteiger partial charge on any atom is -0.278 e. The summed E-state index contributed by atoms with van der Waals surface area (Å²) in [5.41, 5.74) is 5.18. The standard InChI is InChI=1S/C19H22ClN3O2S/c1-15-9-10-17(13-18(15)20)22-21-14-16-7-3-4-8-19(16)26(24,25)23-11-5-2-6-12-23/h3-4,7-10,13-14,22H,2,5-6,11-12H2,1H3. The van der Waals surface area contributed by atoms with Gasteiger partial charge in [0.15, 0.2) is 0 Å². The predicted octanol–water partition coefficient (Wildman–Crippen LogP) is 4.27. The Labute approximate surface area is 159 Å². The van der Waals surface area contributed by atoms with Gasteiger partial charge >= 0.3 is 0 Å². The Balaban J connectivity index is 1.81. The molecule has 1 heterocycles. The Hall–Kier alpha value is -1.89. The van der Waals surface area contributed by atoms with Gasteiger partial charge in [-0.05, 0) is 43.5 Å². The van der Waals surface area contributed by atoms with Gasteiger partial charge in [0.1, 0.15) is 0 Å². The lowest BCUT2D eigenvalue weighted by Crippen LogP contribution is -2.36. The van der Waals surface area contributed by atoms with Crippen molar-refractivity contribution >= 4 is 33.5 Å². The van der Waals surface area contributed by atoms with E-state index in [1.54, 1.807) is 34.6 Å². The normalized spacial score (nSPS) is 16.1. The van der Waals surface area contributed by atoms with Gasteiger partial charge in [-0.1, -0.05) is 42.3 Å². The monoisotopic (exact) mass is 391 g/mol. The molecular weight excluding hydrogens is 370 g/mol. The third-order valence-corrected chi connectivity index (χ3v) is 6.80. The predicted molar refractivity (Wildman–Crippen MR) is 106 cm³/mol. The quantitative estimate of drug-likeness (QED) is 0.611. The first-order chi connectivity index (χ1) is 12.5. The van der Waals surface area contributed by atoms with Crippen LogP contribution in [0.3, 0.4) is 0 Å². The topological polar surface area (TPSA) is 61.8 Å². The number of rotatable bonds is 5. The van der Waals surface area contributed by atoms with E-state index in [2.05, 4.69) is 10.5 Å². The Kier molecular flexibility index (Phi) is 5.96. The van der Waals surface area contributed by atoms with Crippen LogP contribution in [0.4, 0.5) is 5.69 Å². The number of benzene rings is 2. The molecule has 0 bridgehead atoms. The van der Waals surface area contributed by atoms with Gasteiger partial charge in [0.25, 0.3) is 0 Å². The SMILES string of the molecule is Cc1ccc(NN=Cc2ccccc2S(=O)(=O)N2CCCCC2)cc1Cl. The Morgan fingerprint density at radius 3 is 2.58 bits per heavy atom. The van der Waals surface area contributed by atoms with Crippen LogP contribution in [0.15, 0.2) is 52.5 Å². The van der Waals surface area contributed by atoms with Crippen LogP contribution in [-0.4, -0.2) is 32.0 Å². The lowest BCUT2D eigenvalue weighted by Gasteiger charge is -2.26. The van der Waals surface area contributed by atoms with Gasteiger partial charge < -0.3 is 0 Å². The fraction of sp³-hybridized carbons (Fsp3) is 0.316. The number of anilines is 1. The number of halogens is 1. The lowest BCUT2D eigenvalue weighted by molar-refractivity contribution is 0.346. The van der Waals surface area contributed by atoms with E-state index in [0.29, 0.717) is 23.7 Å². The van der Waals surface area contributed by atoms with E-state index < -0.39 is 10.0 Å². The molecule has 5 nitrogen and oxygen atoms in total. The van der Waals surface area contributed by atoms with Crippen molar-refractivity contribution in [3.05, 3.63) is 58.6 Å². The average Bonchev–Trinajstić information content (AvgIpc) is 2.66. The summed E-state index contributed by atoms with van der Waals surface area (Å²) < 4.78 is 27.5. The first kappa shape index (κ1) is 18.9. The fourth-order valence-corrected chi connectivity index (χ4v) is 4.77. The number of hydrogen-bond acceptors (Lipinski definition) is 4. The summed E-state index contributed by atoms with van der Waals surface area (Å²) in [6.45, 7) is 3.08. The lowest BCUT2D eigenvalue weighted by atomic mass is 10.2. The van der Waals surface area contributed by atoms with Gasteiger partial charge in [-0.3, -0.25) is 5.43 Å². The summed E-state index contributed by atoms with van der Waals surface area (Å²) in [5.74, 6) is 0. The molecule has 0 saturated carbocycles. The maximum atomic E-state index is 12.9. The van der Waals surface area contributed by atoms with Crippen LogP contribution in [0.25, 0.3) is 0 Å². The number of piperidine rings is 1. The molecule has 3 rings (SSSR count). The van der Waals surface area contributed by atoms with Crippen LogP contribution < -0.4 is 5.43 Å². The minimum absolute atomic E-state index is 0.286. The number of hydrogen-bond donors (Lipinski definition) is 1. The molecule has 138 valence electrons. The van der Waals surface area contributed by atoms with E-state index in [0.717, 1.165) is 30.5 Å². The number of sulfonamides is 1. The summed E-state index contributed by atoms with van der Waals surface area (Å²) in [4.78, 5) is 0.286. The number of hydrazone groups is 1.